The van der Waals surface area contributed by atoms with Gasteiger partial charge >= 0.3 is 0 Å². The first kappa shape index (κ1) is 13.1. The molecule has 1 aromatic heterocycles. The minimum atomic E-state index is -0.129. The summed E-state index contributed by atoms with van der Waals surface area (Å²) >= 11 is 0. The second-order valence-corrected chi connectivity index (χ2v) is 5.38. The van der Waals surface area contributed by atoms with Crippen LogP contribution in [0.5, 0.6) is 0 Å². The number of aromatic amines is 1. The molecule has 0 fully saturated rings. The summed E-state index contributed by atoms with van der Waals surface area (Å²) < 4.78 is 13.8. The largest absolute Gasteiger partial charge is 0.361 e. The molecule has 0 spiro atoms. The zero-order chi connectivity index (χ0) is 13.1. The second-order valence-electron chi connectivity index (χ2n) is 5.38. The van der Waals surface area contributed by atoms with Gasteiger partial charge in [-0.15, -0.1) is 0 Å². The molecule has 1 heterocycles. The Balaban J connectivity index is 2.08. The number of likely N-dealkylation sites (N-methyl/N-ethyl adjacent to an activating group) is 1. The van der Waals surface area contributed by atoms with Crippen molar-refractivity contribution < 1.29 is 4.39 Å². The average Bonchev–Trinajstić information content (AvgIpc) is 2.70. The lowest BCUT2D eigenvalue weighted by Crippen LogP contribution is -2.25. The van der Waals surface area contributed by atoms with Crippen LogP contribution in [0.4, 0.5) is 4.39 Å². The number of nitrogens with one attached hydrogen (secondary N) is 1. The second kappa shape index (κ2) is 5.53. The van der Waals surface area contributed by atoms with Gasteiger partial charge in [-0.3, -0.25) is 0 Å². The summed E-state index contributed by atoms with van der Waals surface area (Å²) in [4.78, 5) is 5.43. The van der Waals surface area contributed by atoms with Crippen molar-refractivity contribution in [1.29, 1.82) is 0 Å². The van der Waals surface area contributed by atoms with E-state index in [1.807, 2.05) is 12.3 Å². The van der Waals surface area contributed by atoms with Crippen molar-refractivity contribution in [1.82, 2.24) is 9.88 Å². The molecule has 0 aliphatic carbocycles. The van der Waals surface area contributed by atoms with Gasteiger partial charge in [0.2, 0.25) is 0 Å². The molecule has 2 aromatic rings. The maximum Gasteiger partial charge on any atom is 0.132 e. The molecule has 3 heteroatoms. The Kier molecular flexibility index (Phi) is 4.02. The quantitative estimate of drug-likeness (QED) is 0.858. The predicted octanol–water partition coefficient (Wildman–Crippen LogP) is 3.44. The number of fused-ring (bicyclic) bond motifs is 1. The summed E-state index contributed by atoms with van der Waals surface area (Å²) in [5, 5.41) is 0.746. The van der Waals surface area contributed by atoms with Crippen LogP contribution in [0.3, 0.4) is 0 Å². The third-order valence-electron chi connectivity index (χ3n) is 3.18. The molecule has 0 aliphatic rings. The molecule has 0 unspecified atom stereocenters. The van der Waals surface area contributed by atoms with Gasteiger partial charge in [0.1, 0.15) is 5.82 Å². The van der Waals surface area contributed by atoms with E-state index in [1.54, 1.807) is 6.07 Å². The number of hydrogen-bond acceptors (Lipinski definition) is 1. The van der Waals surface area contributed by atoms with E-state index in [4.69, 9.17) is 0 Å². The van der Waals surface area contributed by atoms with Crippen molar-refractivity contribution >= 4 is 10.9 Å². The van der Waals surface area contributed by atoms with Gasteiger partial charge in [-0.05, 0) is 37.1 Å². The number of aromatic nitrogens is 1. The lowest BCUT2D eigenvalue weighted by Gasteiger charge is -2.18. The molecule has 2 nitrogen and oxygen atoms in total. The van der Waals surface area contributed by atoms with Gasteiger partial charge in [0.05, 0.1) is 0 Å². The Morgan fingerprint density at radius 1 is 1.33 bits per heavy atom. The summed E-state index contributed by atoms with van der Waals surface area (Å²) in [7, 11) is 2.12. The topological polar surface area (TPSA) is 19.0 Å². The van der Waals surface area contributed by atoms with Gasteiger partial charge in [-0.2, -0.15) is 0 Å². The van der Waals surface area contributed by atoms with E-state index in [9.17, 15) is 4.39 Å². The molecule has 0 aliphatic heterocycles. The minimum absolute atomic E-state index is 0.129. The van der Waals surface area contributed by atoms with Crippen LogP contribution in [-0.4, -0.2) is 30.0 Å². The standard InChI is InChI=1S/C15H21FN2/c1-11(2)10-18(3)8-7-12-9-17-14-6-4-5-13(16)15(12)14/h4-6,9,11,17H,7-8,10H2,1-3H3. The van der Waals surface area contributed by atoms with Crippen molar-refractivity contribution in [2.45, 2.75) is 20.3 Å². The van der Waals surface area contributed by atoms with Crippen molar-refractivity contribution in [3.8, 4) is 0 Å². The van der Waals surface area contributed by atoms with Gasteiger partial charge in [0, 0.05) is 30.2 Å². The molecule has 1 N–H and O–H groups in total. The van der Waals surface area contributed by atoms with Crippen molar-refractivity contribution in [2.24, 2.45) is 5.92 Å². The third-order valence-corrected chi connectivity index (χ3v) is 3.18. The van der Waals surface area contributed by atoms with Crippen LogP contribution in [0.1, 0.15) is 19.4 Å². The zero-order valence-electron chi connectivity index (χ0n) is 11.3. The fourth-order valence-electron chi connectivity index (χ4n) is 2.43. The van der Waals surface area contributed by atoms with Crippen LogP contribution < -0.4 is 0 Å². The van der Waals surface area contributed by atoms with E-state index < -0.39 is 0 Å². The molecule has 0 saturated heterocycles. The first-order chi connectivity index (χ1) is 8.58. The first-order valence-electron chi connectivity index (χ1n) is 6.51. The number of H-pyrrole nitrogens is 1. The third kappa shape index (κ3) is 2.91. The number of rotatable bonds is 5. The van der Waals surface area contributed by atoms with E-state index in [1.165, 1.54) is 6.07 Å². The summed E-state index contributed by atoms with van der Waals surface area (Å²) in [5.41, 5.74) is 1.95. The van der Waals surface area contributed by atoms with Gasteiger partial charge in [-0.25, -0.2) is 4.39 Å². The first-order valence-corrected chi connectivity index (χ1v) is 6.51. The van der Waals surface area contributed by atoms with Crippen molar-refractivity contribution in [3.63, 3.8) is 0 Å². The van der Waals surface area contributed by atoms with Crippen LogP contribution in [0.15, 0.2) is 24.4 Å². The Hall–Kier alpha value is -1.35. The van der Waals surface area contributed by atoms with Crippen molar-refractivity contribution in [3.05, 3.63) is 35.8 Å². The Bertz CT molecular complexity index is 516. The van der Waals surface area contributed by atoms with Crippen LogP contribution in [0.25, 0.3) is 10.9 Å². The highest BCUT2D eigenvalue weighted by Gasteiger charge is 2.09. The molecule has 0 atom stereocenters. The molecule has 0 amide bonds. The highest BCUT2D eigenvalue weighted by Crippen LogP contribution is 2.21. The van der Waals surface area contributed by atoms with E-state index in [2.05, 4.69) is 30.8 Å². The van der Waals surface area contributed by atoms with E-state index in [-0.39, 0.29) is 5.82 Å². The van der Waals surface area contributed by atoms with Gasteiger partial charge in [0.25, 0.3) is 0 Å². The molecule has 0 saturated carbocycles. The van der Waals surface area contributed by atoms with Crippen molar-refractivity contribution in [2.75, 3.05) is 20.1 Å². The lowest BCUT2D eigenvalue weighted by molar-refractivity contribution is 0.299. The number of nitrogens with zero attached hydrogens (tertiary/aromatic N) is 1. The molecular weight excluding hydrogens is 227 g/mol. The van der Waals surface area contributed by atoms with Crippen LogP contribution in [0, 0.1) is 11.7 Å². The fourth-order valence-corrected chi connectivity index (χ4v) is 2.43. The number of benzene rings is 1. The molecule has 98 valence electrons. The van der Waals surface area contributed by atoms with Gasteiger partial charge < -0.3 is 9.88 Å². The maximum absolute atomic E-state index is 13.8. The molecule has 0 radical (unpaired) electrons. The highest BCUT2D eigenvalue weighted by atomic mass is 19.1. The van der Waals surface area contributed by atoms with E-state index in [0.717, 1.165) is 36.0 Å². The SMILES string of the molecule is CC(C)CN(C)CCc1c[nH]c2cccc(F)c12. The maximum atomic E-state index is 13.8. The Morgan fingerprint density at radius 3 is 2.83 bits per heavy atom. The summed E-state index contributed by atoms with van der Waals surface area (Å²) in [6, 6.07) is 5.18. The summed E-state index contributed by atoms with van der Waals surface area (Å²) in [5.74, 6) is 0.532. The normalized spacial score (nSPS) is 11.9. The van der Waals surface area contributed by atoms with Crippen LogP contribution >= 0.6 is 0 Å². The molecule has 0 bridgehead atoms. The van der Waals surface area contributed by atoms with Crippen LogP contribution in [-0.2, 0) is 6.42 Å². The Morgan fingerprint density at radius 2 is 2.11 bits per heavy atom. The van der Waals surface area contributed by atoms with E-state index in [0.29, 0.717) is 5.92 Å². The Labute approximate surface area is 108 Å². The summed E-state index contributed by atoms with van der Waals surface area (Å²) in [6.45, 7) is 6.45. The zero-order valence-corrected chi connectivity index (χ0v) is 11.3. The molecule has 1 aromatic carbocycles. The lowest BCUT2D eigenvalue weighted by atomic mass is 10.1. The number of halogens is 1. The predicted molar refractivity (Wildman–Crippen MR) is 74.3 cm³/mol. The fraction of sp³-hybridized carbons (Fsp3) is 0.467. The highest BCUT2D eigenvalue weighted by molar-refractivity contribution is 5.83. The van der Waals surface area contributed by atoms with Crippen LogP contribution in [0.2, 0.25) is 0 Å². The molecule has 18 heavy (non-hydrogen) atoms. The minimum Gasteiger partial charge on any atom is -0.361 e. The summed E-state index contributed by atoms with van der Waals surface area (Å²) in [6.07, 6.45) is 2.81. The monoisotopic (exact) mass is 248 g/mol. The molecule has 2 rings (SSSR count). The molecular formula is C15H21FN2. The van der Waals surface area contributed by atoms with Gasteiger partial charge in [-0.1, -0.05) is 19.9 Å². The number of hydrogen-bond donors (Lipinski definition) is 1. The smallest absolute Gasteiger partial charge is 0.132 e. The van der Waals surface area contributed by atoms with Gasteiger partial charge in [0.15, 0.2) is 0 Å². The van der Waals surface area contributed by atoms with E-state index >= 15 is 0 Å². The average molecular weight is 248 g/mol.